The van der Waals surface area contributed by atoms with E-state index in [1.54, 1.807) is 0 Å². The third-order valence-electron chi connectivity index (χ3n) is 26.7. The lowest BCUT2D eigenvalue weighted by molar-refractivity contribution is -0.150. The SMILES string of the molecule is N=C(N)NCCC[C@H](NC(=O)CNC(=O)CNC(=O)[C@H](CCC(N)=O)NC(=O)[C@@H]1CCCN1C(=O)[C@@H]1CCCN1C(=O)[C@@H]1CCCN1C(=O)CNC(=O)[C@H](CCC(N)=O)NC(=O)[C@@H]1CCCN1)C(=O)N1CCC[C@H]1C(=O)N[C@@H](CCC(N)=O)C(=O)NCC(=O)N1CCC[C@H]1C(=O)N1CCC[C@H]1C(=O)N[C@@H](CCC(N)=O)C(=O)NCC(=O)N[C@@H](CCC(N)=O)C(=O)N[C@@H](CO)C(=O)N1CCC[C@H]1C(=O)N[C@@H](CCC(N)=O)C(=O)O. The van der Waals surface area contributed by atoms with Crippen molar-refractivity contribution in [2.75, 3.05) is 98.2 Å². The van der Waals surface area contributed by atoms with Crippen molar-refractivity contribution in [1.82, 2.24) is 114 Å². The molecule has 148 heavy (non-hydrogen) atoms. The predicted molar refractivity (Wildman–Crippen MR) is 509 cm³/mol. The van der Waals surface area contributed by atoms with Crippen LogP contribution < -0.4 is 120 Å². The highest BCUT2D eigenvalue weighted by Gasteiger charge is 2.50. The van der Waals surface area contributed by atoms with Gasteiger partial charge in [0.2, 0.25) is 154 Å². The Morgan fingerprint density at radius 1 is 0.291 bits per heavy atom. The van der Waals surface area contributed by atoms with E-state index in [4.69, 9.17) is 45.5 Å². The van der Waals surface area contributed by atoms with E-state index in [-0.39, 0.29) is 162 Å². The van der Waals surface area contributed by atoms with E-state index in [0.717, 1.165) is 21.1 Å². The molecule has 0 saturated carbocycles. The maximum Gasteiger partial charge on any atom is 0.326 e. The van der Waals surface area contributed by atoms with Gasteiger partial charge in [-0.25, -0.2) is 4.79 Å². The number of rotatable bonds is 57. The monoisotopic (exact) mass is 2090 g/mol. The van der Waals surface area contributed by atoms with E-state index in [2.05, 4.69) is 79.8 Å². The van der Waals surface area contributed by atoms with E-state index in [9.17, 15) is 140 Å². The Bertz CT molecular complexity index is 4960. The average molecular weight is 2090 g/mol. The van der Waals surface area contributed by atoms with Gasteiger partial charge in [-0.3, -0.25) is 130 Å². The molecule has 16 atom stereocenters. The van der Waals surface area contributed by atoms with Gasteiger partial charge in [-0.2, -0.15) is 0 Å². The fourth-order valence-corrected chi connectivity index (χ4v) is 19.0. The highest BCUT2D eigenvalue weighted by atomic mass is 16.4. The summed E-state index contributed by atoms with van der Waals surface area (Å²) in [6.45, 7) is -4.37. The van der Waals surface area contributed by atoms with E-state index in [0.29, 0.717) is 32.2 Å². The third kappa shape index (κ3) is 35.4. The first-order chi connectivity index (χ1) is 70.3. The standard InChI is InChI=1S/C89H138N30O29/c90-62(121)25-19-47(107-77(136)46-10-1-31-98-46)75(134)103-43-72(131)114-34-8-17-60(114)86(145)119-39-9-18-61(119)87(146)118-38-6-15-58(118)81(140)108-48(20-26-63(91)122)73(132)101-40-68(127)100-41-69(128)106-52(11-2-32-99-89(96)97)83(142)115-35-3-12-55(115)79(138)110-50(22-28-65(93)124)76(135)104-44-71(130)113-33-7-16-59(113)85(144)117-37-5-14-57(117)80(139)109-49(21-27-64(92)123)74(133)102-42-70(129)105-51(23-29-66(94)125)78(137)112-54(45-120)84(143)116-36-4-13-56(116)82(141)111-53(88(147)148)24-30-67(95)126/h46-61,98,120H,1-45H2,(H2,90,121)(H2,91,122)(H2,92,123)(H2,93,124)(H2,94,125)(H2,95,126)(H,100,127)(H,101,132)(H,102,133)(H,103,134)(H,104,135)(H,105,129)(H,106,128)(H,107,136)(H,108,140)(H,109,139)(H,110,138)(H,111,141)(H,112,137)(H,147,148)(H4,96,97,99)/t46-,47-,48-,49-,50-,51-,52-,53-,54-,55-,56-,57-,58-,59-,60-,61-/m0/s1. The smallest absolute Gasteiger partial charge is 0.326 e. The molecule has 0 aromatic heterocycles. The summed E-state index contributed by atoms with van der Waals surface area (Å²) in [5.41, 5.74) is 37.7. The van der Waals surface area contributed by atoms with Gasteiger partial charge in [-0.1, -0.05) is 0 Å². The number of carboxylic acid groups (broad SMARTS) is 1. The summed E-state index contributed by atoms with van der Waals surface area (Å²) < 4.78 is 0. The molecule has 32 N–H and O–H groups in total. The molecule has 8 aliphatic rings. The molecule has 26 amide bonds. The largest absolute Gasteiger partial charge is 0.480 e. The summed E-state index contributed by atoms with van der Waals surface area (Å²) in [6, 6.07) is -21.5. The van der Waals surface area contributed by atoms with Crippen molar-refractivity contribution in [3.8, 4) is 0 Å². The number of amides is 26. The Kier molecular flexibility index (Phi) is 46.0. The number of carbonyl (C=O) groups excluding carboxylic acids is 26. The molecule has 8 fully saturated rings. The van der Waals surface area contributed by atoms with Crippen molar-refractivity contribution >= 4 is 166 Å². The first kappa shape index (κ1) is 118. The Morgan fingerprint density at radius 2 is 0.581 bits per heavy atom. The minimum Gasteiger partial charge on any atom is -0.480 e. The lowest BCUT2D eigenvalue weighted by atomic mass is 10.1. The Morgan fingerprint density at radius 3 is 0.932 bits per heavy atom. The number of aliphatic carboxylic acids is 1. The second-order valence-electron chi connectivity index (χ2n) is 37.4. The van der Waals surface area contributed by atoms with Gasteiger partial charge in [0.15, 0.2) is 5.96 Å². The quantitative estimate of drug-likeness (QED) is 0.0153. The van der Waals surface area contributed by atoms with Gasteiger partial charge >= 0.3 is 5.97 Å². The van der Waals surface area contributed by atoms with Gasteiger partial charge in [0.1, 0.15) is 90.6 Å². The minimum absolute atomic E-state index is 0.00338. The number of hydrogen-bond donors (Lipinski definition) is 25. The summed E-state index contributed by atoms with van der Waals surface area (Å²) in [7, 11) is 0. The maximum absolute atomic E-state index is 14.6. The molecule has 0 aliphatic carbocycles. The van der Waals surface area contributed by atoms with Gasteiger partial charge < -0.3 is 164 Å². The van der Waals surface area contributed by atoms with Crippen LogP contribution in [0.3, 0.4) is 0 Å². The number of nitrogens with two attached hydrogens (primary N) is 7. The van der Waals surface area contributed by atoms with Crippen molar-refractivity contribution in [1.29, 1.82) is 5.41 Å². The second kappa shape index (κ2) is 57.7. The first-order valence-corrected chi connectivity index (χ1v) is 49.5. The Labute approximate surface area is 848 Å². The average Bonchev–Trinajstić information content (AvgIpc) is 1.63. The molecule has 0 unspecified atom stereocenters. The number of guanidine groups is 1. The zero-order chi connectivity index (χ0) is 109. The van der Waals surface area contributed by atoms with Crippen LogP contribution in [0.2, 0.25) is 0 Å². The van der Waals surface area contributed by atoms with Crippen molar-refractivity contribution < 1.29 is 140 Å². The third-order valence-corrected chi connectivity index (χ3v) is 26.7. The van der Waals surface area contributed by atoms with Crippen LogP contribution in [0.4, 0.5) is 0 Å². The molecule has 0 aromatic carbocycles. The number of carbonyl (C=O) groups is 27. The summed E-state index contributed by atoms with van der Waals surface area (Å²) in [5, 5.41) is 64.5. The summed E-state index contributed by atoms with van der Waals surface area (Å²) >= 11 is 0. The number of aliphatic hydroxyl groups excluding tert-OH is 1. The lowest BCUT2D eigenvalue weighted by Crippen LogP contribution is -2.59. The molecule has 59 nitrogen and oxygen atoms in total. The molecule has 0 radical (unpaired) electrons. The number of primary amides is 6. The van der Waals surface area contributed by atoms with Gasteiger partial charge in [-0.05, 0) is 161 Å². The zero-order valence-corrected chi connectivity index (χ0v) is 82.1. The van der Waals surface area contributed by atoms with Crippen LogP contribution in [-0.4, -0.2) is 405 Å². The van der Waals surface area contributed by atoms with Crippen molar-refractivity contribution in [3.05, 3.63) is 0 Å². The van der Waals surface area contributed by atoms with Crippen molar-refractivity contribution in [2.24, 2.45) is 40.1 Å². The van der Waals surface area contributed by atoms with Gasteiger partial charge in [0, 0.05) is 90.9 Å². The second-order valence-corrected chi connectivity index (χ2v) is 37.4. The summed E-state index contributed by atoms with van der Waals surface area (Å²) in [5.74, 6) is -24.4. The maximum atomic E-state index is 14.6. The van der Waals surface area contributed by atoms with Crippen LogP contribution in [0.25, 0.3) is 0 Å². The van der Waals surface area contributed by atoms with Crippen LogP contribution in [0.15, 0.2) is 0 Å². The lowest BCUT2D eigenvalue weighted by Gasteiger charge is -2.34. The molecule has 8 rings (SSSR count). The van der Waals surface area contributed by atoms with Crippen LogP contribution >= 0.6 is 0 Å². The topological polar surface area (TPSA) is 910 Å². The number of hydrogen-bond acceptors (Lipinski definition) is 30. The molecule has 0 aromatic rings. The molecule has 0 bridgehead atoms. The van der Waals surface area contributed by atoms with Crippen LogP contribution in [0.1, 0.15) is 193 Å². The van der Waals surface area contributed by atoms with E-state index in [1.165, 1.54) is 19.6 Å². The van der Waals surface area contributed by atoms with Gasteiger partial charge in [0.05, 0.1) is 45.4 Å². The van der Waals surface area contributed by atoms with Crippen LogP contribution in [-0.2, 0) is 129 Å². The van der Waals surface area contributed by atoms with Crippen LogP contribution in [0, 0.1) is 5.41 Å². The molecule has 0 spiro atoms. The van der Waals surface area contributed by atoms with E-state index >= 15 is 0 Å². The van der Waals surface area contributed by atoms with Crippen molar-refractivity contribution in [2.45, 2.75) is 289 Å². The van der Waals surface area contributed by atoms with E-state index in [1.807, 2.05) is 0 Å². The normalized spacial score (nSPS) is 20.9. The highest BCUT2D eigenvalue weighted by Crippen LogP contribution is 2.31. The Balaban J connectivity index is 0.813. The number of nitrogens with one attached hydrogen (secondary N) is 16. The molecule has 8 saturated heterocycles. The van der Waals surface area contributed by atoms with Gasteiger partial charge in [-0.15, -0.1) is 0 Å². The molecule has 59 heteroatoms. The summed E-state index contributed by atoms with van der Waals surface area (Å²) in [4.78, 5) is 370. The fraction of sp³-hybridized carbons (Fsp3) is 0.685. The number of carboxylic acids is 1. The van der Waals surface area contributed by atoms with Crippen LogP contribution in [0.5, 0.6) is 0 Å². The number of nitrogens with zero attached hydrogens (tertiary/aromatic N) is 7. The van der Waals surface area contributed by atoms with Gasteiger partial charge in [0.25, 0.3) is 0 Å². The molecule has 8 aliphatic heterocycles. The zero-order valence-electron chi connectivity index (χ0n) is 82.1. The molecular formula is C89H138N30O29. The number of aliphatic hydroxyl groups is 1. The highest BCUT2D eigenvalue weighted by molar-refractivity contribution is 6.03. The molecule has 818 valence electrons. The summed E-state index contributed by atoms with van der Waals surface area (Å²) in [6.07, 6.45) is -1.16. The predicted octanol–water partition coefficient (Wildman–Crippen LogP) is -14.9. The van der Waals surface area contributed by atoms with E-state index < -0.39 is 353 Å². The first-order valence-electron chi connectivity index (χ1n) is 49.5. The molecular weight excluding hydrogens is 1950 g/mol. The Hall–Kier alpha value is -15.1. The molecule has 8 heterocycles. The minimum atomic E-state index is -1.78. The fourth-order valence-electron chi connectivity index (χ4n) is 19.0. The van der Waals surface area contributed by atoms with Crippen molar-refractivity contribution in [3.63, 3.8) is 0 Å². The number of likely N-dealkylation sites (tertiary alicyclic amines) is 7.